The van der Waals surface area contributed by atoms with Crippen LogP contribution in [0.3, 0.4) is 0 Å². The Balaban J connectivity index is 2.69. The van der Waals surface area contributed by atoms with Crippen LogP contribution in [0.1, 0.15) is 11.4 Å². The van der Waals surface area contributed by atoms with Gasteiger partial charge in [-0.05, 0) is 0 Å². The Bertz CT molecular complexity index is 524. The van der Waals surface area contributed by atoms with E-state index in [1.54, 1.807) is 0 Å². The van der Waals surface area contributed by atoms with Gasteiger partial charge in [0.1, 0.15) is 0 Å². The molecule has 90 valence electrons. The number of aryl methyl sites for hydroxylation is 1. The van der Waals surface area contributed by atoms with E-state index < -0.39 is 18.4 Å². The predicted molar refractivity (Wildman–Crippen MR) is 73.8 cm³/mol. The second-order valence-corrected chi connectivity index (χ2v) is 19.5. The van der Waals surface area contributed by atoms with E-state index >= 15 is 0 Å². The molecule has 0 amide bonds. The van der Waals surface area contributed by atoms with Gasteiger partial charge >= 0.3 is 107 Å². The van der Waals surface area contributed by atoms with Crippen LogP contribution < -0.4 is 3.84 Å². The third-order valence-corrected chi connectivity index (χ3v) is 7.68. The van der Waals surface area contributed by atoms with Gasteiger partial charge in [-0.2, -0.15) is 0 Å². The van der Waals surface area contributed by atoms with Crippen LogP contribution in [0.25, 0.3) is 5.82 Å². The monoisotopic (exact) mass is 337 g/mol. The number of aromatic nitrogens is 3. The number of pyridine rings is 1. The van der Waals surface area contributed by atoms with Crippen molar-refractivity contribution >= 4 is 22.2 Å². The maximum absolute atomic E-state index is 4.77. The Morgan fingerprint density at radius 2 is 1.82 bits per heavy atom. The van der Waals surface area contributed by atoms with Crippen LogP contribution in [-0.4, -0.2) is 32.9 Å². The summed E-state index contributed by atoms with van der Waals surface area (Å²) < 4.78 is 3.51. The molecule has 0 fully saturated rings. The van der Waals surface area contributed by atoms with E-state index in [2.05, 4.69) is 44.3 Å². The summed E-state index contributed by atoms with van der Waals surface area (Å²) >= 11 is -2.21. The standard InChI is InChI=1S/C10H10N3.3CH3.Sn/c1-8-9(2)13(7-12-8)10-5-3-4-6-11-10;;;;/h3-6H,1-2H3;3*1H3;. The molecule has 0 aliphatic rings. The van der Waals surface area contributed by atoms with Crippen molar-refractivity contribution in [1.82, 2.24) is 14.5 Å². The van der Waals surface area contributed by atoms with Gasteiger partial charge in [-0.15, -0.1) is 0 Å². The summed E-state index contributed by atoms with van der Waals surface area (Å²) in [6, 6.07) is 6.02. The third kappa shape index (κ3) is 2.39. The molecule has 0 saturated heterocycles. The normalized spacial score (nSPS) is 11.8. The summed E-state index contributed by atoms with van der Waals surface area (Å²) in [4.78, 5) is 16.4. The van der Waals surface area contributed by atoms with Gasteiger partial charge in [-0.1, -0.05) is 0 Å². The molecule has 0 radical (unpaired) electrons. The molecule has 0 aliphatic heterocycles. The first-order valence-corrected chi connectivity index (χ1v) is 15.9. The zero-order chi connectivity index (χ0) is 12.6. The van der Waals surface area contributed by atoms with Crippen LogP contribution in [0.5, 0.6) is 0 Å². The van der Waals surface area contributed by atoms with Crippen LogP contribution in [0, 0.1) is 13.8 Å². The molecule has 0 aliphatic carbocycles. The van der Waals surface area contributed by atoms with Gasteiger partial charge in [-0.25, -0.2) is 0 Å². The van der Waals surface area contributed by atoms with E-state index in [9.17, 15) is 0 Å². The van der Waals surface area contributed by atoms with E-state index in [1.165, 1.54) is 9.53 Å². The SMILES string of the molecule is Cc1n[c]([Sn]([CH3])([CH3])[CH3])n(-c2ccccn2)c1C. The van der Waals surface area contributed by atoms with Crippen molar-refractivity contribution in [3.05, 3.63) is 35.8 Å². The molecule has 0 bridgehead atoms. The van der Waals surface area contributed by atoms with Crippen molar-refractivity contribution in [2.75, 3.05) is 0 Å². The number of hydrogen-bond acceptors (Lipinski definition) is 2. The molecule has 4 heteroatoms. The van der Waals surface area contributed by atoms with Crippen molar-refractivity contribution in [2.45, 2.75) is 28.7 Å². The Kier molecular flexibility index (Phi) is 3.29. The Hall–Kier alpha value is -0.841. The minimum absolute atomic E-state index is 0.993. The fourth-order valence-electron chi connectivity index (χ4n) is 1.88. The molecule has 0 unspecified atom stereocenters. The van der Waals surface area contributed by atoms with Crippen LogP contribution >= 0.6 is 0 Å². The summed E-state index contributed by atoms with van der Waals surface area (Å²) in [5.41, 5.74) is 2.34. The molecule has 3 nitrogen and oxygen atoms in total. The first-order chi connectivity index (χ1) is 7.91. The van der Waals surface area contributed by atoms with Crippen LogP contribution in [0.4, 0.5) is 0 Å². The number of hydrogen-bond donors (Lipinski definition) is 0. The summed E-state index contributed by atoms with van der Waals surface area (Å²) in [5, 5.41) is 0. The summed E-state index contributed by atoms with van der Waals surface area (Å²) in [6.07, 6.45) is 1.84. The molecule has 0 spiro atoms. The van der Waals surface area contributed by atoms with Crippen LogP contribution in [-0.2, 0) is 0 Å². The van der Waals surface area contributed by atoms with Crippen molar-refractivity contribution in [1.29, 1.82) is 0 Å². The molecule has 0 aromatic carbocycles. The van der Waals surface area contributed by atoms with E-state index in [1.807, 2.05) is 18.3 Å². The van der Waals surface area contributed by atoms with E-state index in [0.717, 1.165) is 11.5 Å². The van der Waals surface area contributed by atoms with Crippen molar-refractivity contribution in [3.8, 4) is 5.82 Å². The summed E-state index contributed by atoms with van der Waals surface area (Å²) in [7, 11) is 0. The van der Waals surface area contributed by atoms with E-state index in [-0.39, 0.29) is 0 Å². The molecule has 2 aromatic rings. The fourth-order valence-corrected chi connectivity index (χ4v) is 6.04. The second-order valence-electron chi connectivity index (χ2n) is 5.38. The van der Waals surface area contributed by atoms with Gasteiger partial charge in [0.25, 0.3) is 0 Å². The first kappa shape index (κ1) is 12.6. The Morgan fingerprint density at radius 1 is 1.12 bits per heavy atom. The van der Waals surface area contributed by atoms with Crippen molar-refractivity contribution in [2.24, 2.45) is 0 Å². The molecular weight excluding hydrogens is 317 g/mol. The quantitative estimate of drug-likeness (QED) is 0.789. The fraction of sp³-hybridized carbons (Fsp3) is 0.385. The Labute approximate surface area is 107 Å². The molecule has 0 atom stereocenters. The van der Waals surface area contributed by atoms with Gasteiger partial charge < -0.3 is 0 Å². The average Bonchev–Trinajstić information content (AvgIpc) is 2.57. The third-order valence-electron chi connectivity index (χ3n) is 2.89. The van der Waals surface area contributed by atoms with Gasteiger partial charge in [0.2, 0.25) is 0 Å². The molecule has 0 N–H and O–H groups in total. The zero-order valence-corrected chi connectivity index (χ0v) is 14.0. The average molecular weight is 336 g/mol. The van der Waals surface area contributed by atoms with Gasteiger partial charge in [0.05, 0.1) is 0 Å². The van der Waals surface area contributed by atoms with Crippen LogP contribution in [0.2, 0.25) is 14.8 Å². The van der Waals surface area contributed by atoms with Crippen molar-refractivity contribution < 1.29 is 0 Å². The second kappa shape index (κ2) is 4.44. The van der Waals surface area contributed by atoms with Crippen LogP contribution in [0.15, 0.2) is 24.4 Å². The summed E-state index contributed by atoms with van der Waals surface area (Å²) in [5.74, 6) is 0.993. The van der Waals surface area contributed by atoms with Gasteiger partial charge in [0, 0.05) is 0 Å². The number of rotatable bonds is 2. The molecule has 0 saturated carbocycles. The predicted octanol–water partition coefficient (Wildman–Crippen LogP) is 2.43. The molecule has 2 rings (SSSR count). The molecule has 2 heterocycles. The number of imidazole rings is 1. The minimum atomic E-state index is -2.21. The van der Waals surface area contributed by atoms with E-state index in [4.69, 9.17) is 4.98 Å². The number of nitrogens with zero attached hydrogens (tertiary/aromatic N) is 3. The molecular formula is C13H19N3Sn. The molecule has 2 aromatic heterocycles. The topological polar surface area (TPSA) is 30.7 Å². The van der Waals surface area contributed by atoms with E-state index in [0.29, 0.717) is 0 Å². The first-order valence-electron chi connectivity index (χ1n) is 5.89. The molecule has 17 heavy (non-hydrogen) atoms. The van der Waals surface area contributed by atoms with Crippen molar-refractivity contribution in [3.63, 3.8) is 0 Å². The van der Waals surface area contributed by atoms with Gasteiger partial charge in [0.15, 0.2) is 0 Å². The Morgan fingerprint density at radius 3 is 2.35 bits per heavy atom. The zero-order valence-electron chi connectivity index (χ0n) is 11.2. The van der Waals surface area contributed by atoms with Gasteiger partial charge in [-0.3, -0.25) is 0 Å². The maximum atomic E-state index is 4.77. The summed E-state index contributed by atoms with van der Waals surface area (Å²) in [6.45, 7) is 4.20.